The Kier molecular flexibility index (Phi) is 4.40. The number of hydrogen-bond donors (Lipinski definition) is 1. The van der Waals surface area contributed by atoms with Crippen molar-refractivity contribution < 1.29 is 4.79 Å². The van der Waals surface area contributed by atoms with Gasteiger partial charge in [0.05, 0.1) is 5.84 Å². The van der Waals surface area contributed by atoms with Crippen molar-refractivity contribution in [3.63, 3.8) is 0 Å². The summed E-state index contributed by atoms with van der Waals surface area (Å²) in [6, 6.07) is 0. The second kappa shape index (κ2) is 6.03. The molecular formula is C13H23N3O. The Morgan fingerprint density at radius 3 is 2.47 bits per heavy atom. The summed E-state index contributed by atoms with van der Waals surface area (Å²) in [5.74, 6) is 1.50. The monoisotopic (exact) mass is 237 g/mol. The van der Waals surface area contributed by atoms with Crippen molar-refractivity contribution >= 4 is 11.7 Å². The maximum absolute atomic E-state index is 11.8. The standard InChI is InChI=1S/C13H23N3O/c14-13(11-5-1-2-6-11)15-8-7-12(17)16-9-3-4-10-16/h11H,1-10H2,(H2,14,15). The minimum absolute atomic E-state index is 0.241. The SMILES string of the molecule is NC(=NCCC(=O)N1CCCC1)C1CCCC1. The molecule has 0 aromatic carbocycles. The molecule has 1 amide bonds. The summed E-state index contributed by atoms with van der Waals surface area (Å²) in [5.41, 5.74) is 5.94. The van der Waals surface area contributed by atoms with Crippen molar-refractivity contribution in [1.29, 1.82) is 0 Å². The van der Waals surface area contributed by atoms with Gasteiger partial charge in [0, 0.05) is 32.0 Å². The lowest BCUT2D eigenvalue weighted by Gasteiger charge is -2.14. The Balaban J connectivity index is 1.70. The maximum Gasteiger partial charge on any atom is 0.224 e. The molecule has 0 atom stereocenters. The summed E-state index contributed by atoms with van der Waals surface area (Å²) < 4.78 is 0. The lowest BCUT2D eigenvalue weighted by Crippen LogP contribution is -2.28. The molecule has 0 aromatic rings. The molecule has 0 bridgehead atoms. The number of carbonyl (C=O) groups excluding carboxylic acids is 1. The predicted octanol–water partition coefficient (Wildman–Crippen LogP) is 1.55. The van der Waals surface area contributed by atoms with Crippen LogP contribution in [-0.2, 0) is 4.79 Å². The van der Waals surface area contributed by atoms with Crippen LogP contribution in [0.3, 0.4) is 0 Å². The van der Waals surface area contributed by atoms with Gasteiger partial charge in [-0.1, -0.05) is 12.8 Å². The largest absolute Gasteiger partial charge is 0.387 e. The van der Waals surface area contributed by atoms with E-state index in [2.05, 4.69) is 4.99 Å². The first kappa shape index (κ1) is 12.4. The number of amides is 1. The zero-order chi connectivity index (χ0) is 12.1. The van der Waals surface area contributed by atoms with Crippen molar-refractivity contribution in [2.45, 2.75) is 44.9 Å². The van der Waals surface area contributed by atoms with Gasteiger partial charge >= 0.3 is 0 Å². The Labute approximate surface area is 103 Å². The van der Waals surface area contributed by atoms with Crippen molar-refractivity contribution in [3.8, 4) is 0 Å². The van der Waals surface area contributed by atoms with Gasteiger partial charge in [-0.25, -0.2) is 0 Å². The predicted molar refractivity (Wildman–Crippen MR) is 68.9 cm³/mol. The summed E-state index contributed by atoms with van der Waals surface area (Å²) in [6.45, 7) is 2.43. The second-order valence-electron chi connectivity index (χ2n) is 5.13. The molecule has 0 radical (unpaired) electrons. The zero-order valence-corrected chi connectivity index (χ0v) is 10.5. The Morgan fingerprint density at radius 2 is 1.82 bits per heavy atom. The number of aliphatic imine (C=N–C) groups is 1. The van der Waals surface area contributed by atoms with Crippen LogP contribution in [0.25, 0.3) is 0 Å². The van der Waals surface area contributed by atoms with Crippen LogP contribution in [0.1, 0.15) is 44.9 Å². The van der Waals surface area contributed by atoms with Gasteiger partial charge in [-0.2, -0.15) is 0 Å². The average Bonchev–Trinajstić information content (AvgIpc) is 3.02. The van der Waals surface area contributed by atoms with Crippen molar-refractivity contribution in [3.05, 3.63) is 0 Å². The number of nitrogens with zero attached hydrogens (tertiary/aromatic N) is 2. The number of likely N-dealkylation sites (tertiary alicyclic amines) is 1. The third-order valence-electron chi connectivity index (χ3n) is 3.85. The number of carbonyl (C=O) groups is 1. The highest BCUT2D eigenvalue weighted by molar-refractivity contribution is 5.83. The first-order valence-corrected chi connectivity index (χ1v) is 6.85. The molecule has 17 heavy (non-hydrogen) atoms. The molecule has 1 saturated carbocycles. The van der Waals surface area contributed by atoms with E-state index in [1.165, 1.54) is 25.7 Å². The molecule has 1 aliphatic carbocycles. The summed E-state index contributed by atoms with van der Waals surface area (Å²) >= 11 is 0. The van der Waals surface area contributed by atoms with E-state index < -0.39 is 0 Å². The van der Waals surface area contributed by atoms with E-state index in [1.807, 2.05) is 4.90 Å². The van der Waals surface area contributed by atoms with Gasteiger partial charge in [0.1, 0.15) is 0 Å². The molecule has 2 fully saturated rings. The van der Waals surface area contributed by atoms with Crippen molar-refractivity contribution in [2.75, 3.05) is 19.6 Å². The molecule has 2 N–H and O–H groups in total. The Hall–Kier alpha value is -1.06. The number of rotatable bonds is 4. The van der Waals surface area contributed by atoms with E-state index in [0.29, 0.717) is 18.9 Å². The Morgan fingerprint density at radius 1 is 1.18 bits per heavy atom. The van der Waals surface area contributed by atoms with E-state index in [-0.39, 0.29) is 5.91 Å². The van der Waals surface area contributed by atoms with Gasteiger partial charge in [-0.05, 0) is 25.7 Å². The minimum atomic E-state index is 0.241. The van der Waals surface area contributed by atoms with Crippen LogP contribution in [-0.4, -0.2) is 36.3 Å². The number of hydrogen-bond acceptors (Lipinski definition) is 2. The molecule has 2 aliphatic rings. The number of nitrogens with two attached hydrogens (primary N) is 1. The van der Waals surface area contributed by atoms with E-state index in [0.717, 1.165) is 31.8 Å². The summed E-state index contributed by atoms with van der Waals surface area (Å²) in [4.78, 5) is 18.1. The molecular weight excluding hydrogens is 214 g/mol. The molecule has 1 saturated heterocycles. The van der Waals surface area contributed by atoms with Crippen LogP contribution >= 0.6 is 0 Å². The molecule has 1 aliphatic heterocycles. The van der Waals surface area contributed by atoms with Crippen LogP contribution in [0.5, 0.6) is 0 Å². The van der Waals surface area contributed by atoms with Gasteiger partial charge in [-0.3, -0.25) is 9.79 Å². The molecule has 0 unspecified atom stereocenters. The van der Waals surface area contributed by atoms with Crippen molar-refractivity contribution in [1.82, 2.24) is 4.90 Å². The first-order chi connectivity index (χ1) is 8.27. The molecule has 0 spiro atoms. The minimum Gasteiger partial charge on any atom is -0.387 e. The fourth-order valence-corrected chi connectivity index (χ4v) is 2.76. The van der Waals surface area contributed by atoms with Crippen LogP contribution in [0.15, 0.2) is 4.99 Å². The topological polar surface area (TPSA) is 58.7 Å². The van der Waals surface area contributed by atoms with Gasteiger partial charge in [-0.15, -0.1) is 0 Å². The van der Waals surface area contributed by atoms with E-state index >= 15 is 0 Å². The van der Waals surface area contributed by atoms with Crippen LogP contribution in [0, 0.1) is 5.92 Å². The second-order valence-corrected chi connectivity index (χ2v) is 5.13. The lowest BCUT2D eigenvalue weighted by atomic mass is 10.1. The quantitative estimate of drug-likeness (QED) is 0.595. The van der Waals surface area contributed by atoms with Crippen LogP contribution in [0.2, 0.25) is 0 Å². The molecule has 4 nitrogen and oxygen atoms in total. The number of amidine groups is 1. The molecule has 4 heteroatoms. The molecule has 2 rings (SSSR count). The van der Waals surface area contributed by atoms with Crippen LogP contribution < -0.4 is 5.73 Å². The van der Waals surface area contributed by atoms with Crippen LogP contribution in [0.4, 0.5) is 0 Å². The third-order valence-corrected chi connectivity index (χ3v) is 3.85. The highest BCUT2D eigenvalue weighted by Crippen LogP contribution is 2.24. The van der Waals surface area contributed by atoms with Gasteiger partial charge in [0.25, 0.3) is 0 Å². The lowest BCUT2D eigenvalue weighted by molar-refractivity contribution is -0.129. The van der Waals surface area contributed by atoms with Gasteiger partial charge in [0.15, 0.2) is 0 Å². The fraction of sp³-hybridized carbons (Fsp3) is 0.846. The molecule has 0 aromatic heterocycles. The fourth-order valence-electron chi connectivity index (χ4n) is 2.76. The van der Waals surface area contributed by atoms with Gasteiger partial charge < -0.3 is 10.6 Å². The van der Waals surface area contributed by atoms with E-state index in [4.69, 9.17) is 5.73 Å². The first-order valence-electron chi connectivity index (χ1n) is 6.85. The Bertz CT molecular complexity index is 289. The maximum atomic E-state index is 11.8. The normalized spacial score (nSPS) is 22.4. The van der Waals surface area contributed by atoms with E-state index in [1.54, 1.807) is 0 Å². The smallest absolute Gasteiger partial charge is 0.224 e. The van der Waals surface area contributed by atoms with Crippen molar-refractivity contribution in [2.24, 2.45) is 16.6 Å². The van der Waals surface area contributed by atoms with E-state index in [9.17, 15) is 4.79 Å². The zero-order valence-electron chi connectivity index (χ0n) is 10.5. The highest BCUT2D eigenvalue weighted by atomic mass is 16.2. The highest BCUT2D eigenvalue weighted by Gasteiger charge is 2.19. The molecule has 1 heterocycles. The summed E-state index contributed by atoms with van der Waals surface area (Å²) in [5, 5.41) is 0. The summed E-state index contributed by atoms with van der Waals surface area (Å²) in [6.07, 6.45) is 7.72. The summed E-state index contributed by atoms with van der Waals surface area (Å²) in [7, 11) is 0. The average molecular weight is 237 g/mol. The molecule has 96 valence electrons. The van der Waals surface area contributed by atoms with Gasteiger partial charge in [0.2, 0.25) is 5.91 Å². The third kappa shape index (κ3) is 3.45.